The number of piperazine rings is 1. The van der Waals surface area contributed by atoms with Gasteiger partial charge in [-0.25, -0.2) is 0 Å². The van der Waals surface area contributed by atoms with Crippen LogP contribution in [0.4, 0.5) is 5.69 Å². The van der Waals surface area contributed by atoms with Crippen molar-refractivity contribution in [2.45, 2.75) is 39.1 Å². The largest absolute Gasteiger partial charge is 0.492 e. The van der Waals surface area contributed by atoms with E-state index in [1.807, 2.05) is 26.0 Å². The summed E-state index contributed by atoms with van der Waals surface area (Å²) in [6, 6.07) is 17.1. The number of benzene rings is 2. The van der Waals surface area contributed by atoms with Crippen LogP contribution in [-0.2, 0) is 6.54 Å². The van der Waals surface area contributed by atoms with Gasteiger partial charge in [0, 0.05) is 49.9 Å². The van der Waals surface area contributed by atoms with Gasteiger partial charge < -0.3 is 19.3 Å². The van der Waals surface area contributed by atoms with Crippen molar-refractivity contribution in [3.63, 3.8) is 0 Å². The number of rotatable bonds is 11. The minimum absolute atomic E-state index is 0.725. The van der Waals surface area contributed by atoms with Crippen LogP contribution in [0.3, 0.4) is 0 Å². The predicted octanol–water partition coefficient (Wildman–Crippen LogP) is 5.30. The molecule has 0 amide bonds. The highest BCUT2D eigenvalue weighted by atomic mass is 32.2. The Bertz CT molecular complexity index is 744. The molecular weight excluding hydrogens is 416 g/mol. The molecule has 1 aliphatic rings. The zero-order valence-electron chi connectivity index (χ0n) is 20.6. The molecule has 0 radical (unpaired) electrons. The normalized spacial score (nSPS) is 14.7. The predicted molar refractivity (Wildman–Crippen MR) is 140 cm³/mol. The van der Waals surface area contributed by atoms with E-state index in [2.05, 4.69) is 76.7 Å². The molecule has 0 unspecified atom stereocenters. The van der Waals surface area contributed by atoms with Gasteiger partial charge >= 0.3 is 0 Å². The van der Waals surface area contributed by atoms with E-state index in [1.165, 1.54) is 10.5 Å². The van der Waals surface area contributed by atoms with Gasteiger partial charge in [0.1, 0.15) is 12.4 Å². The Kier molecular flexibility index (Phi) is 12.6. The highest BCUT2D eigenvalue weighted by Gasteiger charge is 2.13. The van der Waals surface area contributed by atoms with E-state index in [0.717, 1.165) is 70.4 Å². The van der Waals surface area contributed by atoms with Crippen molar-refractivity contribution in [2.75, 3.05) is 64.2 Å². The van der Waals surface area contributed by atoms with Crippen LogP contribution in [0.25, 0.3) is 0 Å². The summed E-state index contributed by atoms with van der Waals surface area (Å²) in [7, 11) is 2.20. The van der Waals surface area contributed by atoms with Gasteiger partial charge in [0.25, 0.3) is 0 Å². The Labute approximate surface area is 200 Å². The Balaban J connectivity index is 0.00000176. The average Bonchev–Trinajstić information content (AvgIpc) is 2.84. The van der Waals surface area contributed by atoms with Gasteiger partial charge in [-0.05, 0) is 74.0 Å². The van der Waals surface area contributed by atoms with Crippen molar-refractivity contribution in [3.8, 4) is 5.75 Å². The molecule has 1 aliphatic heterocycles. The van der Waals surface area contributed by atoms with Crippen LogP contribution in [0.15, 0.2) is 53.4 Å². The quantitative estimate of drug-likeness (QED) is 0.460. The average molecular weight is 459 g/mol. The molecule has 0 atom stereocenters. The monoisotopic (exact) mass is 458 g/mol. The fourth-order valence-corrected chi connectivity index (χ4v) is 4.27. The van der Waals surface area contributed by atoms with Crippen molar-refractivity contribution in [2.24, 2.45) is 0 Å². The molecule has 32 heavy (non-hydrogen) atoms. The first-order chi connectivity index (χ1) is 15.7. The van der Waals surface area contributed by atoms with E-state index in [1.54, 1.807) is 11.9 Å². The lowest BCUT2D eigenvalue weighted by molar-refractivity contribution is 0.148. The lowest BCUT2D eigenvalue weighted by Crippen LogP contribution is -2.43. The highest BCUT2D eigenvalue weighted by Crippen LogP contribution is 2.24. The number of nitrogens with one attached hydrogen (secondary N) is 1. The first-order valence-electron chi connectivity index (χ1n) is 12.0. The van der Waals surface area contributed by atoms with Crippen LogP contribution in [0.1, 0.15) is 33.3 Å². The van der Waals surface area contributed by atoms with Gasteiger partial charge in [-0.3, -0.25) is 4.90 Å². The van der Waals surface area contributed by atoms with E-state index in [-0.39, 0.29) is 0 Å². The number of hydrogen-bond donors (Lipinski definition) is 1. The van der Waals surface area contributed by atoms with Gasteiger partial charge in [-0.2, -0.15) is 0 Å². The summed E-state index contributed by atoms with van der Waals surface area (Å²) >= 11 is 1.66. The molecule has 0 aliphatic carbocycles. The molecule has 0 aromatic heterocycles. The number of nitrogens with zero attached hydrogens (tertiary/aromatic N) is 3. The second-order valence-corrected chi connectivity index (χ2v) is 8.71. The van der Waals surface area contributed by atoms with Crippen molar-refractivity contribution in [1.29, 1.82) is 0 Å². The zero-order valence-corrected chi connectivity index (χ0v) is 21.5. The molecule has 178 valence electrons. The Morgan fingerprint density at radius 2 is 1.66 bits per heavy atom. The maximum atomic E-state index is 5.87. The van der Waals surface area contributed by atoms with E-state index < -0.39 is 0 Å². The highest BCUT2D eigenvalue weighted by molar-refractivity contribution is 8.00. The van der Waals surface area contributed by atoms with E-state index in [0.29, 0.717) is 0 Å². The summed E-state index contributed by atoms with van der Waals surface area (Å²) < 4.78 is 9.32. The van der Waals surface area contributed by atoms with Crippen molar-refractivity contribution >= 4 is 17.6 Å². The van der Waals surface area contributed by atoms with Crippen LogP contribution in [0.2, 0.25) is 0 Å². The molecular formula is C26H42N4OS. The van der Waals surface area contributed by atoms with Gasteiger partial charge in [0.15, 0.2) is 0 Å². The molecule has 1 heterocycles. The second-order valence-electron chi connectivity index (χ2n) is 7.83. The van der Waals surface area contributed by atoms with Crippen molar-refractivity contribution in [1.82, 2.24) is 14.7 Å². The van der Waals surface area contributed by atoms with E-state index in [4.69, 9.17) is 4.74 Å². The topological polar surface area (TPSA) is 31.0 Å². The smallest absolute Gasteiger partial charge is 0.119 e. The molecule has 3 rings (SSSR count). The van der Waals surface area contributed by atoms with Crippen LogP contribution in [-0.4, -0.2) is 74.2 Å². The lowest BCUT2D eigenvalue weighted by Gasteiger charge is -2.32. The molecule has 5 nitrogen and oxygen atoms in total. The Morgan fingerprint density at radius 1 is 0.969 bits per heavy atom. The lowest BCUT2D eigenvalue weighted by atomic mass is 10.2. The van der Waals surface area contributed by atoms with Crippen LogP contribution in [0.5, 0.6) is 5.75 Å². The molecule has 2 aromatic rings. The minimum Gasteiger partial charge on any atom is -0.492 e. The van der Waals surface area contributed by atoms with E-state index >= 15 is 0 Å². The standard InChI is InChI=1S/C24H36N4OS.C2H6/c1-4-27(5-2)17-18-29-23-11-9-22(10-12-23)25-30-24-8-6-7-21(19-24)20-28-15-13-26(3)14-16-28;1-2/h6-12,19,25H,4-5,13-18,20H2,1-3H3;1-2H3. The molecule has 6 heteroatoms. The molecule has 1 N–H and O–H groups in total. The minimum atomic E-state index is 0.725. The van der Waals surface area contributed by atoms with Crippen LogP contribution >= 0.6 is 11.9 Å². The number of likely N-dealkylation sites (N-methyl/N-ethyl adjacent to an activating group) is 2. The van der Waals surface area contributed by atoms with E-state index in [9.17, 15) is 0 Å². The summed E-state index contributed by atoms with van der Waals surface area (Å²) in [5.74, 6) is 0.923. The maximum Gasteiger partial charge on any atom is 0.119 e. The molecule has 1 fully saturated rings. The Morgan fingerprint density at radius 3 is 2.31 bits per heavy atom. The maximum absolute atomic E-state index is 5.87. The summed E-state index contributed by atoms with van der Waals surface area (Å²) in [6.07, 6.45) is 0. The summed E-state index contributed by atoms with van der Waals surface area (Å²) in [5.41, 5.74) is 2.46. The molecule has 0 saturated carbocycles. The molecule has 0 spiro atoms. The number of anilines is 1. The zero-order chi connectivity index (χ0) is 23.2. The van der Waals surface area contributed by atoms with Gasteiger partial charge in [-0.15, -0.1) is 0 Å². The molecule has 1 saturated heterocycles. The van der Waals surface area contributed by atoms with Crippen molar-refractivity contribution in [3.05, 3.63) is 54.1 Å². The number of hydrogen-bond acceptors (Lipinski definition) is 6. The van der Waals surface area contributed by atoms with Gasteiger partial charge in [-0.1, -0.05) is 39.8 Å². The van der Waals surface area contributed by atoms with Gasteiger partial charge in [0.2, 0.25) is 0 Å². The molecule has 0 bridgehead atoms. The fraction of sp³-hybridized carbons (Fsp3) is 0.538. The summed E-state index contributed by atoms with van der Waals surface area (Å²) in [5, 5.41) is 0. The van der Waals surface area contributed by atoms with Crippen LogP contribution < -0.4 is 9.46 Å². The summed E-state index contributed by atoms with van der Waals surface area (Å²) in [6.45, 7) is 17.8. The van der Waals surface area contributed by atoms with Crippen molar-refractivity contribution < 1.29 is 4.74 Å². The summed E-state index contributed by atoms with van der Waals surface area (Å²) in [4.78, 5) is 8.54. The Hall–Kier alpha value is -1.73. The second kappa shape index (κ2) is 15.2. The SMILES string of the molecule is CC.CCN(CC)CCOc1ccc(NSc2cccc(CN3CCN(C)CC3)c2)cc1. The number of ether oxygens (including phenoxy) is 1. The molecule has 2 aromatic carbocycles. The van der Waals surface area contributed by atoms with Gasteiger partial charge in [0.05, 0.1) is 0 Å². The first-order valence-corrected chi connectivity index (χ1v) is 12.9. The first kappa shape index (κ1) is 26.5. The van der Waals surface area contributed by atoms with Crippen LogP contribution in [0, 0.1) is 0 Å². The third-order valence-corrected chi connectivity index (χ3v) is 6.44. The third kappa shape index (κ3) is 9.41. The fourth-order valence-electron chi connectivity index (χ4n) is 3.54. The third-order valence-electron chi connectivity index (χ3n) is 5.61.